The molecule has 0 rings (SSSR count). The van der Waals surface area contributed by atoms with Crippen molar-refractivity contribution >= 4 is 21.3 Å². The van der Waals surface area contributed by atoms with Gasteiger partial charge in [0.05, 0.1) is 0 Å². The van der Waals surface area contributed by atoms with Gasteiger partial charge in [0.15, 0.2) is 11.1 Å². The van der Waals surface area contributed by atoms with Crippen molar-refractivity contribution in [2.75, 3.05) is 0 Å². The predicted molar refractivity (Wildman–Crippen MR) is 34.8 cm³/mol. The lowest BCUT2D eigenvalue weighted by Gasteiger charge is -1.97. The molecule has 1 N–H and O–H groups in total. The van der Waals surface area contributed by atoms with Crippen molar-refractivity contribution in [1.82, 2.24) is 0 Å². The third-order valence-corrected chi connectivity index (χ3v) is 3.97. The molecule has 4 heteroatoms. The van der Waals surface area contributed by atoms with Gasteiger partial charge in [0.1, 0.15) is 0 Å². The maximum absolute atomic E-state index is 10.1. The van der Waals surface area contributed by atoms with E-state index in [1.54, 1.807) is 0 Å². The van der Waals surface area contributed by atoms with E-state index in [9.17, 15) is 4.21 Å². The van der Waals surface area contributed by atoms with E-state index in [-0.39, 0.29) is 4.87 Å². The van der Waals surface area contributed by atoms with Gasteiger partial charge in [-0.1, -0.05) is 6.92 Å². The van der Waals surface area contributed by atoms with Crippen molar-refractivity contribution in [2.45, 2.75) is 18.2 Å². The van der Waals surface area contributed by atoms with Gasteiger partial charge in [-0.2, -0.15) is 0 Å². The van der Waals surface area contributed by atoms with Crippen molar-refractivity contribution in [2.24, 2.45) is 0 Å². The molecule has 0 saturated heterocycles. The Kier molecular flexibility index (Phi) is 3.50. The molecular formula is C3H10O2SSi. The van der Waals surface area contributed by atoms with Crippen molar-refractivity contribution in [3.8, 4) is 0 Å². The number of rotatable bonds is 2. The van der Waals surface area contributed by atoms with Gasteiger partial charge in [0, 0.05) is 15.1 Å². The fourth-order valence-corrected chi connectivity index (χ4v) is 0.428. The van der Waals surface area contributed by atoms with Crippen molar-refractivity contribution < 1.29 is 8.76 Å². The Balaban J connectivity index is 3.34. The number of hydrogen-bond acceptors (Lipinski definition) is 1. The van der Waals surface area contributed by atoms with Crippen LogP contribution in [0.5, 0.6) is 0 Å². The van der Waals surface area contributed by atoms with Crippen LogP contribution in [0.3, 0.4) is 0 Å². The first kappa shape index (κ1) is 7.33. The molecule has 0 aliphatic heterocycles. The van der Waals surface area contributed by atoms with Crippen molar-refractivity contribution in [3.63, 3.8) is 0 Å². The van der Waals surface area contributed by atoms with E-state index in [1.165, 1.54) is 0 Å². The summed E-state index contributed by atoms with van der Waals surface area (Å²) < 4.78 is 18.4. The highest BCUT2D eigenvalue weighted by molar-refractivity contribution is 7.81. The molecule has 7 heavy (non-hydrogen) atoms. The summed E-state index contributed by atoms with van der Waals surface area (Å²) in [6.45, 7) is 1.92. The van der Waals surface area contributed by atoms with Crippen LogP contribution < -0.4 is 0 Å². The monoisotopic (exact) mass is 138 g/mol. The predicted octanol–water partition coefficient (Wildman–Crippen LogP) is -0.690. The van der Waals surface area contributed by atoms with Gasteiger partial charge >= 0.3 is 0 Å². The molecule has 2 nitrogen and oxygen atoms in total. The van der Waals surface area contributed by atoms with Crippen LogP contribution in [0.25, 0.3) is 0 Å². The van der Waals surface area contributed by atoms with Gasteiger partial charge in [-0.05, 0) is 6.42 Å². The number of hydrogen-bond donors (Lipinski definition) is 1. The minimum Gasteiger partial charge on any atom is -0.306 e. The molecule has 0 spiro atoms. The van der Waals surface area contributed by atoms with Crippen LogP contribution in [0, 0.1) is 0 Å². The van der Waals surface area contributed by atoms with Crippen LogP contribution >= 0.6 is 0 Å². The minimum absolute atomic E-state index is 0.0694. The van der Waals surface area contributed by atoms with Gasteiger partial charge < -0.3 is 4.55 Å². The molecule has 2 unspecified atom stereocenters. The minimum atomic E-state index is -1.55. The molecule has 0 fully saturated rings. The molecule has 0 amide bonds. The first-order valence-corrected chi connectivity index (χ1v) is 4.60. The lowest BCUT2D eigenvalue weighted by atomic mass is 10.6. The summed E-state index contributed by atoms with van der Waals surface area (Å²) in [5.41, 5.74) is 0. The SMILES string of the molecule is CCC([SiH3])S(=O)O. The first-order valence-electron chi connectivity index (χ1n) is 2.28. The lowest BCUT2D eigenvalue weighted by molar-refractivity contribution is 0.559. The zero-order valence-electron chi connectivity index (χ0n) is 4.55. The van der Waals surface area contributed by atoms with Crippen LogP contribution in [0.1, 0.15) is 13.3 Å². The van der Waals surface area contributed by atoms with E-state index in [2.05, 4.69) is 0 Å². The van der Waals surface area contributed by atoms with E-state index >= 15 is 0 Å². The second-order valence-electron chi connectivity index (χ2n) is 1.50. The molecule has 0 aliphatic carbocycles. The fourth-order valence-electron chi connectivity index (χ4n) is 0.143. The zero-order valence-corrected chi connectivity index (χ0v) is 7.36. The summed E-state index contributed by atoms with van der Waals surface area (Å²) in [7, 11) is 0.824. The Morgan fingerprint density at radius 2 is 2.43 bits per heavy atom. The summed E-state index contributed by atoms with van der Waals surface area (Å²) in [4.78, 5) is 0.0694. The maximum atomic E-state index is 10.1. The molecule has 0 heterocycles. The topological polar surface area (TPSA) is 37.3 Å². The summed E-state index contributed by atoms with van der Waals surface area (Å²) in [6, 6.07) is 0. The maximum Gasteiger partial charge on any atom is 0.151 e. The third-order valence-electron chi connectivity index (χ3n) is 0.919. The van der Waals surface area contributed by atoms with Crippen LogP contribution in [0.2, 0.25) is 0 Å². The zero-order chi connectivity index (χ0) is 5.86. The normalized spacial score (nSPS) is 19.1. The summed E-state index contributed by atoms with van der Waals surface area (Å²) >= 11 is -1.55. The first-order chi connectivity index (χ1) is 3.18. The lowest BCUT2D eigenvalue weighted by Crippen LogP contribution is -2.11. The summed E-state index contributed by atoms with van der Waals surface area (Å²) in [6.07, 6.45) is 0.829. The van der Waals surface area contributed by atoms with E-state index in [0.29, 0.717) is 0 Å². The molecule has 0 saturated carbocycles. The average molecular weight is 138 g/mol. The Morgan fingerprint density at radius 3 is 2.43 bits per heavy atom. The molecule has 0 aromatic heterocycles. The van der Waals surface area contributed by atoms with Crippen LogP contribution in [0.15, 0.2) is 0 Å². The smallest absolute Gasteiger partial charge is 0.151 e. The van der Waals surface area contributed by atoms with E-state index in [1.807, 2.05) is 6.92 Å². The average Bonchev–Trinajstić information content (AvgIpc) is 1.65. The van der Waals surface area contributed by atoms with Crippen LogP contribution in [-0.4, -0.2) is 23.9 Å². The third kappa shape index (κ3) is 2.96. The Bertz CT molecular complexity index is 75.3. The second-order valence-corrected chi connectivity index (χ2v) is 5.08. The van der Waals surface area contributed by atoms with Crippen LogP contribution in [0.4, 0.5) is 0 Å². The summed E-state index contributed by atoms with van der Waals surface area (Å²) in [5.74, 6) is 0. The fraction of sp³-hybridized carbons (Fsp3) is 1.00. The molecule has 0 aliphatic rings. The molecule has 0 aromatic rings. The molecule has 0 radical (unpaired) electrons. The Hall–Kier alpha value is 0.327. The van der Waals surface area contributed by atoms with Gasteiger partial charge in [-0.3, -0.25) is 0 Å². The van der Waals surface area contributed by atoms with Gasteiger partial charge in [0.2, 0.25) is 0 Å². The molecule has 2 atom stereocenters. The van der Waals surface area contributed by atoms with E-state index < -0.39 is 11.1 Å². The van der Waals surface area contributed by atoms with Crippen molar-refractivity contribution in [3.05, 3.63) is 0 Å². The molecule has 0 aromatic carbocycles. The van der Waals surface area contributed by atoms with Gasteiger partial charge in [-0.15, -0.1) is 0 Å². The van der Waals surface area contributed by atoms with E-state index in [4.69, 9.17) is 4.55 Å². The largest absolute Gasteiger partial charge is 0.306 e. The van der Waals surface area contributed by atoms with Gasteiger partial charge in [-0.25, -0.2) is 4.21 Å². The Labute approximate surface area is 49.0 Å². The van der Waals surface area contributed by atoms with E-state index in [0.717, 1.165) is 16.7 Å². The molecular weight excluding hydrogens is 128 g/mol. The van der Waals surface area contributed by atoms with Gasteiger partial charge in [0.25, 0.3) is 0 Å². The van der Waals surface area contributed by atoms with Crippen molar-refractivity contribution in [1.29, 1.82) is 0 Å². The highest BCUT2D eigenvalue weighted by atomic mass is 32.2. The highest BCUT2D eigenvalue weighted by Crippen LogP contribution is 1.90. The second kappa shape index (κ2) is 3.34. The molecule has 44 valence electrons. The highest BCUT2D eigenvalue weighted by Gasteiger charge is 2.01. The van der Waals surface area contributed by atoms with Crippen LogP contribution in [-0.2, 0) is 11.1 Å². The Morgan fingerprint density at radius 1 is 2.00 bits per heavy atom. The quantitative estimate of drug-likeness (QED) is 0.405. The standard InChI is InChI=1S/C3H10O2SSi/c1-2-3(7)6(4)5/h3H,2H2,1,7H3,(H,4,5). The molecule has 0 bridgehead atoms. The summed E-state index contributed by atoms with van der Waals surface area (Å²) in [5, 5.41) is 0.